The van der Waals surface area contributed by atoms with Crippen LogP contribution in [0.5, 0.6) is 0 Å². The van der Waals surface area contributed by atoms with E-state index in [0.29, 0.717) is 12.3 Å². The molecule has 1 aliphatic heterocycles. The number of carbonyl (C=O) groups excluding carboxylic acids is 2. The minimum Gasteiger partial charge on any atom is -0.345 e. The fourth-order valence-corrected chi connectivity index (χ4v) is 4.51. The van der Waals surface area contributed by atoms with E-state index in [1.807, 2.05) is 36.9 Å². The first-order chi connectivity index (χ1) is 15.8. The number of nitrogens with zero attached hydrogens (tertiary/aromatic N) is 2. The number of anilines is 2. The number of hydrogen-bond acceptors (Lipinski definition) is 3. The number of hydrogen-bond donors (Lipinski definition) is 1. The summed E-state index contributed by atoms with van der Waals surface area (Å²) in [7, 11) is 2.06. The summed E-state index contributed by atoms with van der Waals surface area (Å²) in [6, 6.07) is 18.3. The van der Waals surface area contributed by atoms with Gasteiger partial charge < -0.3 is 15.1 Å². The molecule has 1 saturated heterocycles. The van der Waals surface area contributed by atoms with Crippen LogP contribution in [0.1, 0.15) is 65.0 Å². The fraction of sp³-hybridized carbons (Fsp3) is 0.500. The Balaban J connectivity index is 1.81. The third kappa shape index (κ3) is 6.16. The summed E-state index contributed by atoms with van der Waals surface area (Å²) in [4.78, 5) is 30.4. The third-order valence-electron chi connectivity index (χ3n) is 6.70. The highest BCUT2D eigenvalue weighted by molar-refractivity contribution is 5.88. The second kappa shape index (κ2) is 11.4. The van der Waals surface area contributed by atoms with Crippen molar-refractivity contribution in [3.05, 3.63) is 60.2 Å². The molecule has 33 heavy (non-hydrogen) atoms. The lowest BCUT2D eigenvalue weighted by molar-refractivity contribution is -0.138. The van der Waals surface area contributed by atoms with Crippen LogP contribution in [0.15, 0.2) is 54.6 Å². The van der Waals surface area contributed by atoms with Crippen molar-refractivity contribution in [2.45, 2.75) is 65.5 Å². The SMILES string of the molecule is CC[C@@H](C)C(=O)N[C@@H](CC(C)C)C(=O)N1CCC[C@H]1c1cccc(N(C)c2ccccc2)c1. The van der Waals surface area contributed by atoms with E-state index in [4.69, 9.17) is 0 Å². The lowest BCUT2D eigenvalue weighted by Gasteiger charge is -2.31. The number of carbonyl (C=O) groups is 2. The second-order valence-corrected chi connectivity index (χ2v) is 9.68. The van der Waals surface area contributed by atoms with Gasteiger partial charge in [-0.3, -0.25) is 9.59 Å². The standard InChI is InChI=1S/C28H39N3O2/c1-6-21(4)27(32)29-25(18-20(2)3)28(33)31-17-11-16-26(31)22-12-10-15-24(19-22)30(5)23-13-8-7-9-14-23/h7-10,12-15,19-21,25-26H,6,11,16-18H2,1-5H3,(H,29,32)/t21-,25+,26+/m1/s1. The molecule has 2 aromatic carbocycles. The molecule has 1 fully saturated rings. The minimum atomic E-state index is -0.470. The molecule has 1 heterocycles. The molecule has 2 amide bonds. The number of amides is 2. The average molecular weight is 450 g/mol. The Morgan fingerprint density at radius 2 is 1.76 bits per heavy atom. The monoisotopic (exact) mass is 449 g/mol. The van der Waals surface area contributed by atoms with Gasteiger partial charge in [0.15, 0.2) is 0 Å². The van der Waals surface area contributed by atoms with Crippen molar-refractivity contribution < 1.29 is 9.59 Å². The molecule has 0 aromatic heterocycles. The van der Waals surface area contributed by atoms with Gasteiger partial charge in [0.05, 0.1) is 6.04 Å². The molecule has 0 spiro atoms. The normalized spacial score (nSPS) is 17.6. The van der Waals surface area contributed by atoms with Gasteiger partial charge in [-0.15, -0.1) is 0 Å². The molecule has 0 aliphatic carbocycles. The van der Waals surface area contributed by atoms with E-state index in [1.54, 1.807) is 0 Å². The molecular weight excluding hydrogens is 410 g/mol. The molecule has 2 aromatic rings. The summed E-state index contributed by atoms with van der Waals surface area (Å²) in [6.07, 6.45) is 3.34. The van der Waals surface area contributed by atoms with Crippen LogP contribution in [0.2, 0.25) is 0 Å². The fourth-order valence-electron chi connectivity index (χ4n) is 4.51. The van der Waals surface area contributed by atoms with E-state index >= 15 is 0 Å². The van der Waals surface area contributed by atoms with Gasteiger partial charge in [0, 0.05) is 30.9 Å². The zero-order valence-electron chi connectivity index (χ0n) is 20.8. The van der Waals surface area contributed by atoms with E-state index in [0.717, 1.165) is 42.7 Å². The predicted molar refractivity (Wildman–Crippen MR) is 135 cm³/mol. The number of nitrogens with one attached hydrogen (secondary N) is 1. The Morgan fingerprint density at radius 3 is 2.42 bits per heavy atom. The van der Waals surface area contributed by atoms with E-state index < -0.39 is 6.04 Å². The van der Waals surface area contributed by atoms with Crippen molar-refractivity contribution >= 4 is 23.2 Å². The molecule has 3 rings (SSSR count). The molecule has 5 heteroatoms. The van der Waals surface area contributed by atoms with Crippen LogP contribution in [-0.2, 0) is 9.59 Å². The Labute approximate surface area is 199 Å². The van der Waals surface area contributed by atoms with Crippen LogP contribution < -0.4 is 10.2 Å². The smallest absolute Gasteiger partial charge is 0.245 e. The summed E-state index contributed by atoms with van der Waals surface area (Å²) < 4.78 is 0. The number of para-hydroxylation sites is 1. The van der Waals surface area contributed by atoms with Gasteiger partial charge in [-0.25, -0.2) is 0 Å². The second-order valence-electron chi connectivity index (χ2n) is 9.68. The van der Waals surface area contributed by atoms with E-state index in [-0.39, 0.29) is 23.8 Å². The van der Waals surface area contributed by atoms with Gasteiger partial charge in [0.2, 0.25) is 11.8 Å². The maximum Gasteiger partial charge on any atom is 0.245 e. The molecule has 1 aliphatic rings. The van der Waals surface area contributed by atoms with Crippen molar-refractivity contribution in [1.82, 2.24) is 10.2 Å². The van der Waals surface area contributed by atoms with Gasteiger partial charge in [-0.2, -0.15) is 0 Å². The largest absolute Gasteiger partial charge is 0.345 e. The molecule has 0 unspecified atom stereocenters. The number of benzene rings is 2. The Bertz CT molecular complexity index is 928. The quantitative estimate of drug-likeness (QED) is 0.535. The van der Waals surface area contributed by atoms with Crippen LogP contribution in [0.3, 0.4) is 0 Å². The molecule has 3 atom stereocenters. The lowest BCUT2D eigenvalue weighted by atomic mass is 9.99. The average Bonchev–Trinajstić information content (AvgIpc) is 3.32. The Hall–Kier alpha value is -2.82. The Morgan fingerprint density at radius 1 is 1.06 bits per heavy atom. The maximum atomic E-state index is 13.7. The Kier molecular flexibility index (Phi) is 8.54. The van der Waals surface area contributed by atoms with E-state index in [9.17, 15) is 9.59 Å². The van der Waals surface area contributed by atoms with Crippen LogP contribution in [-0.4, -0.2) is 36.3 Å². The van der Waals surface area contributed by atoms with Gasteiger partial charge in [-0.1, -0.05) is 58.0 Å². The summed E-state index contributed by atoms with van der Waals surface area (Å²) in [6.45, 7) is 8.84. The van der Waals surface area contributed by atoms with Crippen molar-refractivity contribution in [2.24, 2.45) is 11.8 Å². The zero-order valence-corrected chi connectivity index (χ0v) is 20.8. The maximum absolute atomic E-state index is 13.7. The summed E-state index contributed by atoms with van der Waals surface area (Å²) >= 11 is 0. The molecular formula is C28H39N3O2. The van der Waals surface area contributed by atoms with Crippen LogP contribution in [0.25, 0.3) is 0 Å². The summed E-state index contributed by atoms with van der Waals surface area (Å²) in [5.74, 6) is 0.246. The first kappa shape index (κ1) is 24.8. The van der Waals surface area contributed by atoms with Crippen LogP contribution in [0.4, 0.5) is 11.4 Å². The van der Waals surface area contributed by atoms with Crippen LogP contribution in [0, 0.1) is 11.8 Å². The van der Waals surface area contributed by atoms with Gasteiger partial charge in [0.25, 0.3) is 0 Å². The van der Waals surface area contributed by atoms with Gasteiger partial charge in [0.1, 0.15) is 6.04 Å². The van der Waals surface area contributed by atoms with E-state index in [1.165, 1.54) is 0 Å². The minimum absolute atomic E-state index is 0.0290. The highest BCUT2D eigenvalue weighted by Gasteiger charge is 2.35. The first-order valence-electron chi connectivity index (χ1n) is 12.3. The van der Waals surface area contributed by atoms with Crippen molar-refractivity contribution in [3.8, 4) is 0 Å². The topological polar surface area (TPSA) is 52.7 Å². The van der Waals surface area contributed by atoms with Gasteiger partial charge >= 0.3 is 0 Å². The van der Waals surface area contributed by atoms with Gasteiger partial charge in [-0.05, 0) is 61.4 Å². The van der Waals surface area contributed by atoms with Crippen molar-refractivity contribution in [1.29, 1.82) is 0 Å². The summed E-state index contributed by atoms with van der Waals surface area (Å²) in [5.41, 5.74) is 3.37. The van der Waals surface area contributed by atoms with Crippen molar-refractivity contribution in [2.75, 3.05) is 18.5 Å². The molecule has 1 N–H and O–H groups in total. The van der Waals surface area contributed by atoms with Crippen molar-refractivity contribution in [3.63, 3.8) is 0 Å². The van der Waals surface area contributed by atoms with E-state index in [2.05, 4.69) is 67.5 Å². The zero-order chi connectivity index (χ0) is 24.0. The molecule has 0 radical (unpaired) electrons. The number of likely N-dealkylation sites (tertiary alicyclic amines) is 1. The molecule has 0 saturated carbocycles. The number of rotatable bonds is 9. The highest BCUT2D eigenvalue weighted by Crippen LogP contribution is 2.35. The van der Waals surface area contributed by atoms with Crippen LogP contribution >= 0.6 is 0 Å². The molecule has 5 nitrogen and oxygen atoms in total. The molecule has 178 valence electrons. The predicted octanol–water partition coefficient (Wildman–Crippen LogP) is 5.70. The summed E-state index contributed by atoms with van der Waals surface area (Å²) in [5, 5.41) is 3.06. The lowest BCUT2D eigenvalue weighted by Crippen LogP contribution is -2.50. The molecule has 0 bridgehead atoms. The third-order valence-corrected chi connectivity index (χ3v) is 6.70. The highest BCUT2D eigenvalue weighted by atomic mass is 16.2. The first-order valence-corrected chi connectivity index (χ1v) is 12.3.